The second kappa shape index (κ2) is 8.53. The van der Waals surface area contributed by atoms with E-state index >= 15 is 0 Å². The van der Waals surface area contributed by atoms with Crippen LogP contribution in [0.1, 0.15) is 30.6 Å². The van der Waals surface area contributed by atoms with Gasteiger partial charge < -0.3 is 15.8 Å². The molecule has 3 N–H and O–H groups in total. The average molecular weight is 371 g/mol. The normalized spacial score (nSPS) is 13.0. The van der Waals surface area contributed by atoms with E-state index in [9.17, 15) is 14.4 Å². The third kappa shape index (κ3) is 5.48. The van der Waals surface area contributed by atoms with Crippen molar-refractivity contribution in [2.45, 2.75) is 26.3 Å². The lowest BCUT2D eigenvalue weighted by atomic mass is 9.97. The quantitative estimate of drug-likeness (QED) is 0.712. The maximum Gasteiger partial charge on any atom is 0.306 e. The molecule has 0 saturated carbocycles. The molecule has 0 saturated heterocycles. The van der Waals surface area contributed by atoms with Crippen LogP contribution < -0.4 is 11.1 Å². The molecule has 1 aromatic rings. The fourth-order valence-electron chi connectivity index (χ4n) is 1.95. The van der Waals surface area contributed by atoms with E-state index in [2.05, 4.69) is 21.2 Å². The number of hydrogen-bond acceptors (Lipinski definition) is 4. The fraction of sp³-hybridized carbons (Fsp3) is 0.400. The number of nitrogens with one attached hydrogen (secondary N) is 1. The summed E-state index contributed by atoms with van der Waals surface area (Å²) < 4.78 is 5.58. The number of primary amides is 1. The molecule has 0 bridgehead atoms. The molecule has 0 fully saturated rings. The van der Waals surface area contributed by atoms with Gasteiger partial charge in [-0.1, -0.05) is 28.9 Å². The Morgan fingerprint density at radius 3 is 2.59 bits per heavy atom. The van der Waals surface area contributed by atoms with Gasteiger partial charge in [-0.3, -0.25) is 14.4 Å². The molecule has 0 aliphatic carbocycles. The number of halogens is 1. The number of rotatable bonds is 7. The Balaban J connectivity index is 2.77. The second-order valence-corrected chi connectivity index (χ2v) is 5.77. The summed E-state index contributed by atoms with van der Waals surface area (Å²) >= 11 is 3.27. The van der Waals surface area contributed by atoms with E-state index in [0.29, 0.717) is 5.56 Å². The SMILES string of the molecule is CCOC(=O)C[C@H](C)[C@H](NC(=O)c1cccc(Br)c1)C(N)=O. The maximum absolute atomic E-state index is 12.2. The summed E-state index contributed by atoms with van der Waals surface area (Å²) in [5.74, 6) is -2.02. The largest absolute Gasteiger partial charge is 0.466 e. The molecule has 7 heteroatoms. The van der Waals surface area contributed by atoms with Crippen molar-refractivity contribution in [2.75, 3.05) is 6.61 Å². The van der Waals surface area contributed by atoms with Gasteiger partial charge in [0.25, 0.3) is 5.91 Å². The smallest absolute Gasteiger partial charge is 0.306 e. The van der Waals surface area contributed by atoms with Crippen LogP contribution >= 0.6 is 15.9 Å². The highest BCUT2D eigenvalue weighted by Gasteiger charge is 2.27. The molecule has 0 aliphatic rings. The minimum Gasteiger partial charge on any atom is -0.466 e. The van der Waals surface area contributed by atoms with Crippen LogP contribution in [-0.4, -0.2) is 30.4 Å². The summed E-state index contributed by atoms with van der Waals surface area (Å²) in [5, 5.41) is 2.57. The van der Waals surface area contributed by atoms with Gasteiger partial charge in [-0.25, -0.2) is 0 Å². The molecular formula is C15H19BrN2O4. The Bertz CT molecular complexity index is 562. The zero-order valence-corrected chi connectivity index (χ0v) is 14.1. The molecule has 2 amide bonds. The van der Waals surface area contributed by atoms with Crippen LogP contribution in [0.4, 0.5) is 0 Å². The molecule has 0 aromatic heterocycles. The number of nitrogens with two attached hydrogens (primary N) is 1. The molecule has 6 nitrogen and oxygen atoms in total. The first-order valence-corrected chi connectivity index (χ1v) is 7.65. The predicted octanol–water partition coefficient (Wildman–Crippen LogP) is 1.62. The van der Waals surface area contributed by atoms with E-state index in [1.54, 1.807) is 38.1 Å². The highest BCUT2D eigenvalue weighted by molar-refractivity contribution is 9.10. The van der Waals surface area contributed by atoms with Crippen molar-refractivity contribution in [3.05, 3.63) is 34.3 Å². The minimum atomic E-state index is -0.948. The number of esters is 1. The zero-order chi connectivity index (χ0) is 16.7. The van der Waals surface area contributed by atoms with Gasteiger partial charge in [0, 0.05) is 10.0 Å². The molecule has 1 rings (SSSR count). The van der Waals surface area contributed by atoms with E-state index in [4.69, 9.17) is 10.5 Å². The van der Waals surface area contributed by atoms with Crippen molar-refractivity contribution >= 4 is 33.7 Å². The lowest BCUT2D eigenvalue weighted by Gasteiger charge is -2.21. The molecule has 1 aromatic carbocycles. The molecule has 2 atom stereocenters. The highest BCUT2D eigenvalue weighted by atomic mass is 79.9. The monoisotopic (exact) mass is 370 g/mol. The van der Waals surface area contributed by atoms with Gasteiger partial charge in [0.2, 0.25) is 5.91 Å². The van der Waals surface area contributed by atoms with Crippen LogP contribution in [0.3, 0.4) is 0 Å². The molecular weight excluding hydrogens is 352 g/mol. The predicted molar refractivity (Wildman–Crippen MR) is 85.0 cm³/mol. The zero-order valence-electron chi connectivity index (χ0n) is 12.5. The van der Waals surface area contributed by atoms with Crippen LogP contribution in [0, 0.1) is 5.92 Å². The van der Waals surface area contributed by atoms with Gasteiger partial charge in [-0.05, 0) is 31.0 Å². The summed E-state index contributed by atoms with van der Waals surface area (Å²) in [7, 11) is 0. The summed E-state index contributed by atoms with van der Waals surface area (Å²) in [4.78, 5) is 35.2. The molecule has 0 heterocycles. The van der Waals surface area contributed by atoms with Gasteiger partial charge in [-0.2, -0.15) is 0 Å². The topological polar surface area (TPSA) is 98.5 Å². The van der Waals surface area contributed by atoms with E-state index in [1.807, 2.05) is 0 Å². The average Bonchev–Trinajstić information content (AvgIpc) is 2.44. The van der Waals surface area contributed by atoms with Gasteiger partial charge in [0.15, 0.2) is 0 Å². The van der Waals surface area contributed by atoms with E-state index < -0.39 is 29.7 Å². The van der Waals surface area contributed by atoms with E-state index in [-0.39, 0.29) is 13.0 Å². The van der Waals surface area contributed by atoms with Crippen molar-refractivity contribution in [1.29, 1.82) is 0 Å². The van der Waals surface area contributed by atoms with Crippen molar-refractivity contribution in [1.82, 2.24) is 5.32 Å². The van der Waals surface area contributed by atoms with E-state index in [1.165, 1.54) is 0 Å². The summed E-state index contributed by atoms with van der Waals surface area (Å²) in [6.07, 6.45) is 0.000209. The lowest BCUT2D eigenvalue weighted by molar-refractivity contribution is -0.144. The number of benzene rings is 1. The number of ether oxygens (including phenoxy) is 1. The van der Waals surface area contributed by atoms with Crippen LogP contribution in [0.5, 0.6) is 0 Å². The van der Waals surface area contributed by atoms with Crippen molar-refractivity contribution in [3.8, 4) is 0 Å². The summed E-state index contributed by atoms with van der Waals surface area (Å²) in [6.45, 7) is 3.62. The number of carbonyl (C=O) groups is 3. The molecule has 0 unspecified atom stereocenters. The van der Waals surface area contributed by atoms with Crippen LogP contribution in [0.15, 0.2) is 28.7 Å². The Hall–Kier alpha value is -1.89. The van der Waals surface area contributed by atoms with Crippen LogP contribution in [-0.2, 0) is 14.3 Å². The summed E-state index contributed by atoms with van der Waals surface area (Å²) in [5.41, 5.74) is 5.72. The van der Waals surface area contributed by atoms with Crippen molar-refractivity contribution in [3.63, 3.8) is 0 Å². The van der Waals surface area contributed by atoms with Crippen LogP contribution in [0.25, 0.3) is 0 Å². The molecule has 0 aliphatic heterocycles. The Labute approximate surface area is 137 Å². The first-order chi connectivity index (χ1) is 10.3. The first-order valence-electron chi connectivity index (χ1n) is 6.86. The van der Waals surface area contributed by atoms with Crippen molar-refractivity contribution in [2.24, 2.45) is 11.7 Å². The standard InChI is InChI=1S/C15H19BrN2O4/c1-3-22-12(19)7-9(2)13(14(17)20)18-15(21)10-5-4-6-11(16)8-10/h4-6,8-9,13H,3,7H2,1-2H3,(H2,17,20)(H,18,21)/t9-,13-/m0/s1. The first kappa shape index (κ1) is 18.2. The number of carbonyl (C=O) groups excluding carboxylic acids is 3. The number of hydrogen-bond donors (Lipinski definition) is 2. The molecule has 0 radical (unpaired) electrons. The Morgan fingerprint density at radius 2 is 2.05 bits per heavy atom. The van der Waals surface area contributed by atoms with Gasteiger partial charge in [0.1, 0.15) is 6.04 Å². The minimum absolute atomic E-state index is 0.000209. The van der Waals surface area contributed by atoms with Gasteiger partial charge >= 0.3 is 5.97 Å². The maximum atomic E-state index is 12.2. The third-order valence-electron chi connectivity index (χ3n) is 3.04. The fourth-order valence-corrected chi connectivity index (χ4v) is 2.35. The number of amides is 2. The Morgan fingerprint density at radius 1 is 1.36 bits per heavy atom. The third-order valence-corrected chi connectivity index (χ3v) is 3.54. The second-order valence-electron chi connectivity index (χ2n) is 4.85. The van der Waals surface area contributed by atoms with Crippen LogP contribution in [0.2, 0.25) is 0 Å². The van der Waals surface area contributed by atoms with Gasteiger partial charge in [-0.15, -0.1) is 0 Å². The Kier molecular flexibility index (Phi) is 7.04. The summed E-state index contributed by atoms with van der Waals surface area (Å²) in [6, 6.07) is 5.79. The molecule has 0 spiro atoms. The van der Waals surface area contributed by atoms with Crippen molar-refractivity contribution < 1.29 is 19.1 Å². The van der Waals surface area contributed by atoms with Gasteiger partial charge in [0.05, 0.1) is 13.0 Å². The molecule has 22 heavy (non-hydrogen) atoms. The highest BCUT2D eigenvalue weighted by Crippen LogP contribution is 2.14. The van der Waals surface area contributed by atoms with E-state index in [0.717, 1.165) is 4.47 Å². The lowest BCUT2D eigenvalue weighted by Crippen LogP contribution is -2.49. The molecule has 120 valence electrons.